The van der Waals surface area contributed by atoms with Crippen molar-refractivity contribution in [2.75, 3.05) is 0 Å². The van der Waals surface area contributed by atoms with Crippen molar-refractivity contribution in [3.63, 3.8) is 0 Å². The lowest BCUT2D eigenvalue weighted by molar-refractivity contribution is 0.0907. The molecule has 3 rings (SSSR count). The van der Waals surface area contributed by atoms with Crippen LogP contribution in [0.1, 0.15) is 27.9 Å². The molecule has 20 heavy (non-hydrogen) atoms. The van der Waals surface area contributed by atoms with E-state index >= 15 is 0 Å². The molecule has 1 unspecified atom stereocenters. The van der Waals surface area contributed by atoms with Crippen LogP contribution >= 0.6 is 15.9 Å². The summed E-state index contributed by atoms with van der Waals surface area (Å²) in [6.07, 6.45) is 2.50. The first-order chi connectivity index (χ1) is 9.65. The van der Waals surface area contributed by atoms with Crippen molar-refractivity contribution in [3.05, 3.63) is 69.4 Å². The lowest BCUT2D eigenvalue weighted by atomic mass is 9.80. The molecule has 0 N–H and O–H groups in total. The van der Waals surface area contributed by atoms with Gasteiger partial charge in [0.2, 0.25) is 0 Å². The van der Waals surface area contributed by atoms with E-state index in [0.717, 1.165) is 19.3 Å². The molecule has 1 aliphatic carbocycles. The van der Waals surface area contributed by atoms with E-state index in [2.05, 4.69) is 28.1 Å². The molecule has 2 aromatic rings. The van der Waals surface area contributed by atoms with Gasteiger partial charge < -0.3 is 0 Å². The van der Waals surface area contributed by atoms with E-state index in [4.69, 9.17) is 0 Å². The molecular weight excluding hydrogens is 319 g/mol. The van der Waals surface area contributed by atoms with E-state index < -0.39 is 0 Å². The second kappa shape index (κ2) is 5.49. The van der Waals surface area contributed by atoms with Gasteiger partial charge in [-0.2, -0.15) is 0 Å². The van der Waals surface area contributed by atoms with Crippen molar-refractivity contribution in [1.29, 1.82) is 0 Å². The van der Waals surface area contributed by atoms with Crippen LogP contribution in [0.25, 0.3) is 0 Å². The minimum Gasteiger partial charge on any atom is -0.294 e. The SMILES string of the molecule is O=C(c1cc(F)ccc1Br)C1CCc2ccccc2C1. The molecule has 3 heteroatoms. The van der Waals surface area contributed by atoms with Crippen LogP contribution in [0.4, 0.5) is 4.39 Å². The fourth-order valence-corrected chi connectivity index (χ4v) is 3.27. The van der Waals surface area contributed by atoms with Crippen molar-refractivity contribution in [2.24, 2.45) is 5.92 Å². The summed E-state index contributed by atoms with van der Waals surface area (Å²) < 4.78 is 14.0. The second-order valence-electron chi connectivity index (χ2n) is 5.20. The highest BCUT2D eigenvalue weighted by atomic mass is 79.9. The van der Waals surface area contributed by atoms with Gasteiger partial charge in [0.05, 0.1) is 0 Å². The number of hydrogen-bond donors (Lipinski definition) is 0. The van der Waals surface area contributed by atoms with Crippen molar-refractivity contribution in [2.45, 2.75) is 19.3 Å². The number of benzene rings is 2. The number of halogens is 2. The third-order valence-corrected chi connectivity index (χ3v) is 4.60. The van der Waals surface area contributed by atoms with E-state index in [1.54, 1.807) is 6.07 Å². The molecule has 0 fully saturated rings. The Morgan fingerprint density at radius 1 is 1.15 bits per heavy atom. The molecule has 1 aliphatic rings. The summed E-state index contributed by atoms with van der Waals surface area (Å²) in [4.78, 5) is 12.6. The summed E-state index contributed by atoms with van der Waals surface area (Å²) in [6, 6.07) is 12.5. The summed E-state index contributed by atoms with van der Waals surface area (Å²) in [7, 11) is 0. The zero-order valence-electron chi connectivity index (χ0n) is 10.9. The van der Waals surface area contributed by atoms with Crippen LogP contribution in [0, 0.1) is 11.7 Å². The molecular formula is C17H14BrFO. The maximum Gasteiger partial charge on any atom is 0.167 e. The van der Waals surface area contributed by atoms with Crippen LogP contribution in [0.3, 0.4) is 0 Å². The molecule has 0 spiro atoms. The van der Waals surface area contributed by atoms with Crippen LogP contribution in [-0.4, -0.2) is 5.78 Å². The summed E-state index contributed by atoms with van der Waals surface area (Å²) in [6.45, 7) is 0. The molecule has 0 aliphatic heterocycles. The van der Waals surface area contributed by atoms with Crippen molar-refractivity contribution in [1.82, 2.24) is 0 Å². The molecule has 0 radical (unpaired) electrons. The van der Waals surface area contributed by atoms with E-state index in [1.165, 1.54) is 23.3 Å². The molecule has 0 amide bonds. The Kier molecular flexibility index (Phi) is 3.70. The Morgan fingerprint density at radius 2 is 1.90 bits per heavy atom. The van der Waals surface area contributed by atoms with Crippen LogP contribution in [0.15, 0.2) is 46.9 Å². The second-order valence-corrected chi connectivity index (χ2v) is 6.05. The predicted molar refractivity (Wildman–Crippen MR) is 80.4 cm³/mol. The van der Waals surface area contributed by atoms with Gasteiger partial charge in [-0.05, 0) is 48.6 Å². The van der Waals surface area contributed by atoms with Gasteiger partial charge in [-0.1, -0.05) is 40.2 Å². The Labute approximate surface area is 126 Å². The van der Waals surface area contributed by atoms with Crippen molar-refractivity contribution >= 4 is 21.7 Å². The molecule has 102 valence electrons. The largest absolute Gasteiger partial charge is 0.294 e. The normalized spacial score (nSPS) is 17.6. The topological polar surface area (TPSA) is 17.1 Å². The molecule has 1 atom stereocenters. The highest BCUT2D eigenvalue weighted by Gasteiger charge is 2.26. The zero-order valence-corrected chi connectivity index (χ0v) is 12.5. The van der Waals surface area contributed by atoms with E-state index in [0.29, 0.717) is 10.0 Å². The van der Waals surface area contributed by atoms with Crippen LogP contribution in [0.2, 0.25) is 0 Å². The number of rotatable bonds is 2. The van der Waals surface area contributed by atoms with Gasteiger partial charge in [0.15, 0.2) is 5.78 Å². The predicted octanol–water partition coefficient (Wildman–Crippen LogP) is 4.58. The molecule has 0 heterocycles. The van der Waals surface area contributed by atoms with Gasteiger partial charge in [-0.3, -0.25) is 4.79 Å². The lowest BCUT2D eigenvalue weighted by Crippen LogP contribution is -2.23. The number of carbonyl (C=O) groups is 1. The van der Waals surface area contributed by atoms with Gasteiger partial charge in [0, 0.05) is 16.0 Å². The number of Topliss-reactive ketones (excluding diaryl/α,β-unsaturated/α-hetero) is 1. The van der Waals surface area contributed by atoms with Crippen molar-refractivity contribution < 1.29 is 9.18 Å². The van der Waals surface area contributed by atoms with E-state index in [9.17, 15) is 9.18 Å². The molecule has 1 nitrogen and oxygen atoms in total. The van der Waals surface area contributed by atoms with Crippen LogP contribution in [0.5, 0.6) is 0 Å². The monoisotopic (exact) mass is 332 g/mol. The first-order valence-electron chi connectivity index (χ1n) is 6.71. The number of hydrogen-bond acceptors (Lipinski definition) is 1. The molecule has 0 saturated carbocycles. The Balaban J connectivity index is 1.88. The number of ketones is 1. The molecule has 2 aromatic carbocycles. The molecule has 0 bridgehead atoms. The standard InChI is InChI=1S/C17H14BrFO/c18-16-8-7-14(19)10-15(16)17(20)13-6-5-11-3-1-2-4-12(11)9-13/h1-4,7-8,10,13H,5-6,9H2. The highest BCUT2D eigenvalue weighted by molar-refractivity contribution is 9.10. The van der Waals surface area contributed by atoms with Crippen LogP contribution in [-0.2, 0) is 12.8 Å². The van der Waals surface area contributed by atoms with Gasteiger partial charge in [0.1, 0.15) is 5.82 Å². The number of carbonyl (C=O) groups excluding carboxylic acids is 1. The van der Waals surface area contributed by atoms with Crippen molar-refractivity contribution in [3.8, 4) is 0 Å². The number of aryl methyl sites for hydroxylation is 1. The van der Waals surface area contributed by atoms with Gasteiger partial charge in [0.25, 0.3) is 0 Å². The summed E-state index contributed by atoms with van der Waals surface area (Å²) >= 11 is 3.34. The van der Waals surface area contributed by atoms with E-state index in [1.807, 2.05) is 12.1 Å². The number of fused-ring (bicyclic) bond motifs is 1. The average molecular weight is 333 g/mol. The van der Waals surface area contributed by atoms with E-state index in [-0.39, 0.29) is 17.5 Å². The lowest BCUT2D eigenvalue weighted by Gasteiger charge is -2.23. The smallest absolute Gasteiger partial charge is 0.167 e. The molecule has 0 saturated heterocycles. The Morgan fingerprint density at radius 3 is 2.70 bits per heavy atom. The zero-order chi connectivity index (χ0) is 14.1. The Hall–Kier alpha value is -1.48. The summed E-state index contributed by atoms with van der Waals surface area (Å²) in [5.41, 5.74) is 3.02. The first kappa shape index (κ1) is 13.5. The Bertz CT molecular complexity index is 666. The van der Waals surface area contributed by atoms with Gasteiger partial charge >= 0.3 is 0 Å². The quantitative estimate of drug-likeness (QED) is 0.736. The summed E-state index contributed by atoms with van der Waals surface area (Å²) in [5, 5.41) is 0. The summed E-state index contributed by atoms with van der Waals surface area (Å²) in [5.74, 6) is -0.387. The van der Waals surface area contributed by atoms with Gasteiger partial charge in [-0.25, -0.2) is 4.39 Å². The fourth-order valence-electron chi connectivity index (χ4n) is 2.83. The first-order valence-corrected chi connectivity index (χ1v) is 7.50. The third-order valence-electron chi connectivity index (χ3n) is 3.91. The fraction of sp³-hybridized carbons (Fsp3) is 0.235. The van der Waals surface area contributed by atoms with Crippen LogP contribution < -0.4 is 0 Å². The maximum absolute atomic E-state index is 13.3. The minimum absolute atomic E-state index is 0.0332. The highest BCUT2D eigenvalue weighted by Crippen LogP contribution is 2.30. The average Bonchev–Trinajstić information content (AvgIpc) is 2.48. The van der Waals surface area contributed by atoms with Gasteiger partial charge in [-0.15, -0.1) is 0 Å². The molecule has 0 aromatic heterocycles. The third kappa shape index (κ3) is 2.55. The minimum atomic E-state index is -0.368. The maximum atomic E-state index is 13.3.